The Balaban J connectivity index is 1.46. The molecule has 4 nitrogen and oxygen atoms in total. The highest BCUT2D eigenvalue weighted by Crippen LogP contribution is 2.19. The van der Waals surface area contributed by atoms with Crippen molar-refractivity contribution in [3.8, 4) is 11.1 Å². The fourth-order valence-electron chi connectivity index (χ4n) is 2.56. The molecule has 3 aromatic carbocycles. The van der Waals surface area contributed by atoms with Gasteiger partial charge in [-0.25, -0.2) is 0 Å². The first-order valence-electron chi connectivity index (χ1n) is 8.47. The average molecular weight is 344 g/mol. The Labute approximate surface area is 152 Å². The zero-order valence-corrected chi connectivity index (χ0v) is 14.3. The Morgan fingerprint density at radius 1 is 0.654 bits per heavy atom. The second-order valence-electron chi connectivity index (χ2n) is 5.89. The first-order valence-corrected chi connectivity index (χ1v) is 8.47. The SMILES string of the molecule is O=C(CNC(=O)c1ccccc1)NCc1ccc(-c2ccccc2)cc1. The molecule has 0 radical (unpaired) electrons. The first-order chi connectivity index (χ1) is 12.7. The summed E-state index contributed by atoms with van der Waals surface area (Å²) in [7, 11) is 0. The second-order valence-corrected chi connectivity index (χ2v) is 5.89. The number of benzene rings is 3. The van der Waals surface area contributed by atoms with Crippen LogP contribution in [0.3, 0.4) is 0 Å². The summed E-state index contributed by atoms with van der Waals surface area (Å²) in [5.41, 5.74) is 3.84. The number of amides is 2. The van der Waals surface area contributed by atoms with E-state index in [1.807, 2.05) is 48.5 Å². The molecule has 2 N–H and O–H groups in total. The van der Waals surface area contributed by atoms with Crippen LogP contribution >= 0.6 is 0 Å². The summed E-state index contributed by atoms with van der Waals surface area (Å²) in [6.07, 6.45) is 0. The van der Waals surface area contributed by atoms with Crippen LogP contribution in [0.1, 0.15) is 15.9 Å². The van der Waals surface area contributed by atoms with Gasteiger partial charge in [-0.05, 0) is 28.8 Å². The van der Waals surface area contributed by atoms with Gasteiger partial charge in [0.25, 0.3) is 5.91 Å². The lowest BCUT2D eigenvalue weighted by Crippen LogP contribution is -2.36. The van der Waals surface area contributed by atoms with Crippen molar-refractivity contribution in [2.24, 2.45) is 0 Å². The van der Waals surface area contributed by atoms with Crippen LogP contribution in [0.4, 0.5) is 0 Å². The standard InChI is InChI=1S/C22H20N2O2/c25-21(16-24-22(26)20-9-5-2-6-10-20)23-15-17-11-13-19(14-12-17)18-7-3-1-4-8-18/h1-14H,15-16H2,(H,23,25)(H,24,26). The zero-order valence-electron chi connectivity index (χ0n) is 14.3. The minimum atomic E-state index is -0.257. The molecule has 4 heteroatoms. The summed E-state index contributed by atoms with van der Waals surface area (Å²) >= 11 is 0. The van der Waals surface area contributed by atoms with E-state index in [-0.39, 0.29) is 18.4 Å². The van der Waals surface area contributed by atoms with Crippen molar-refractivity contribution in [3.63, 3.8) is 0 Å². The van der Waals surface area contributed by atoms with Gasteiger partial charge in [-0.1, -0.05) is 72.8 Å². The van der Waals surface area contributed by atoms with E-state index in [0.717, 1.165) is 16.7 Å². The predicted molar refractivity (Wildman–Crippen MR) is 102 cm³/mol. The van der Waals surface area contributed by atoms with Crippen LogP contribution in [0.2, 0.25) is 0 Å². The summed E-state index contributed by atoms with van der Waals surface area (Å²) < 4.78 is 0. The maximum atomic E-state index is 11.9. The fourth-order valence-corrected chi connectivity index (χ4v) is 2.56. The molecule has 0 heterocycles. The van der Waals surface area contributed by atoms with Gasteiger partial charge in [0, 0.05) is 12.1 Å². The molecule has 0 saturated heterocycles. The van der Waals surface area contributed by atoms with Crippen LogP contribution in [0.5, 0.6) is 0 Å². The maximum Gasteiger partial charge on any atom is 0.251 e. The van der Waals surface area contributed by atoms with Crippen molar-refractivity contribution in [2.75, 3.05) is 6.54 Å². The van der Waals surface area contributed by atoms with Crippen LogP contribution in [0.25, 0.3) is 11.1 Å². The van der Waals surface area contributed by atoms with E-state index in [9.17, 15) is 9.59 Å². The molecule has 3 rings (SSSR count). The fraction of sp³-hybridized carbons (Fsp3) is 0.0909. The van der Waals surface area contributed by atoms with Gasteiger partial charge in [0.05, 0.1) is 6.54 Å². The monoisotopic (exact) mass is 344 g/mol. The van der Waals surface area contributed by atoms with Gasteiger partial charge >= 0.3 is 0 Å². The quantitative estimate of drug-likeness (QED) is 0.720. The molecule has 130 valence electrons. The Morgan fingerprint density at radius 3 is 1.88 bits per heavy atom. The van der Waals surface area contributed by atoms with Crippen molar-refractivity contribution in [1.82, 2.24) is 10.6 Å². The smallest absolute Gasteiger partial charge is 0.251 e. The lowest BCUT2D eigenvalue weighted by Gasteiger charge is -2.08. The first kappa shape index (κ1) is 17.4. The van der Waals surface area contributed by atoms with E-state index < -0.39 is 0 Å². The van der Waals surface area contributed by atoms with Gasteiger partial charge in [-0.3, -0.25) is 9.59 Å². The van der Waals surface area contributed by atoms with E-state index >= 15 is 0 Å². The number of hydrogen-bond acceptors (Lipinski definition) is 2. The van der Waals surface area contributed by atoms with Gasteiger partial charge in [0.2, 0.25) is 5.91 Å². The van der Waals surface area contributed by atoms with E-state index in [1.165, 1.54) is 0 Å². The molecule has 0 aliphatic carbocycles. The van der Waals surface area contributed by atoms with E-state index in [1.54, 1.807) is 24.3 Å². The third-order valence-electron chi connectivity index (χ3n) is 4.00. The highest BCUT2D eigenvalue weighted by molar-refractivity contribution is 5.96. The highest BCUT2D eigenvalue weighted by Gasteiger charge is 2.07. The molecule has 0 spiro atoms. The largest absolute Gasteiger partial charge is 0.350 e. The lowest BCUT2D eigenvalue weighted by molar-refractivity contribution is -0.120. The summed E-state index contributed by atoms with van der Waals surface area (Å²) in [6.45, 7) is 0.380. The Morgan fingerprint density at radius 2 is 1.23 bits per heavy atom. The van der Waals surface area contributed by atoms with Crippen LogP contribution in [0.15, 0.2) is 84.9 Å². The average Bonchev–Trinajstić information content (AvgIpc) is 2.72. The lowest BCUT2D eigenvalue weighted by atomic mass is 10.0. The van der Waals surface area contributed by atoms with Crippen molar-refractivity contribution in [3.05, 3.63) is 96.1 Å². The number of rotatable bonds is 6. The molecule has 0 bridgehead atoms. The molecule has 3 aromatic rings. The number of nitrogens with one attached hydrogen (secondary N) is 2. The molecule has 0 aliphatic heterocycles. The van der Waals surface area contributed by atoms with Gasteiger partial charge < -0.3 is 10.6 Å². The van der Waals surface area contributed by atoms with Crippen molar-refractivity contribution < 1.29 is 9.59 Å². The van der Waals surface area contributed by atoms with Crippen molar-refractivity contribution >= 4 is 11.8 Å². The third-order valence-corrected chi connectivity index (χ3v) is 4.00. The van der Waals surface area contributed by atoms with Crippen LogP contribution in [-0.4, -0.2) is 18.4 Å². The molecule has 26 heavy (non-hydrogen) atoms. The molecular weight excluding hydrogens is 324 g/mol. The summed E-state index contributed by atoms with van der Waals surface area (Å²) in [5, 5.41) is 5.43. The predicted octanol–water partition coefficient (Wildman–Crippen LogP) is 3.40. The molecule has 0 fully saturated rings. The Hall–Kier alpha value is -3.40. The normalized spacial score (nSPS) is 10.2. The minimum absolute atomic E-state index is 0.0458. The third kappa shape index (κ3) is 4.80. The zero-order chi connectivity index (χ0) is 18.2. The summed E-state index contributed by atoms with van der Waals surface area (Å²) in [5.74, 6) is -0.477. The maximum absolute atomic E-state index is 11.9. The number of carbonyl (C=O) groups is 2. The molecule has 0 atom stereocenters. The highest BCUT2D eigenvalue weighted by atomic mass is 16.2. The van der Waals surface area contributed by atoms with Gasteiger partial charge in [-0.15, -0.1) is 0 Å². The summed E-state index contributed by atoms with van der Waals surface area (Å²) in [4.78, 5) is 23.8. The van der Waals surface area contributed by atoms with Gasteiger partial charge in [0.15, 0.2) is 0 Å². The molecule has 0 unspecified atom stereocenters. The molecule has 0 aliphatic rings. The Bertz CT molecular complexity index is 860. The van der Waals surface area contributed by atoms with Gasteiger partial charge in [-0.2, -0.15) is 0 Å². The molecule has 2 amide bonds. The Kier molecular flexibility index (Phi) is 5.78. The van der Waals surface area contributed by atoms with E-state index in [2.05, 4.69) is 22.8 Å². The van der Waals surface area contributed by atoms with E-state index in [0.29, 0.717) is 12.1 Å². The van der Waals surface area contributed by atoms with Crippen molar-refractivity contribution in [2.45, 2.75) is 6.54 Å². The second kappa shape index (κ2) is 8.62. The molecule has 0 saturated carbocycles. The van der Waals surface area contributed by atoms with Crippen LogP contribution in [-0.2, 0) is 11.3 Å². The summed E-state index contributed by atoms with van der Waals surface area (Å²) in [6, 6.07) is 27.0. The molecular formula is C22H20N2O2. The van der Waals surface area contributed by atoms with Crippen molar-refractivity contribution in [1.29, 1.82) is 0 Å². The van der Waals surface area contributed by atoms with Crippen LogP contribution < -0.4 is 10.6 Å². The number of hydrogen-bond donors (Lipinski definition) is 2. The number of carbonyl (C=O) groups excluding carboxylic acids is 2. The van der Waals surface area contributed by atoms with Gasteiger partial charge in [0.1, 0.15) is 0 Å². The van der Waals surface area contributed by atoms with E-state index in [4.69, 9.17) is 0 Å². The van der Waals surface area contributed by atoms with Crippen LogP contribution in [0, 0.1) is 0 Å². The minimum Gasteiger partial charge on any atom is -0.350 e. The molecule has 0 aromatic heterocycles. The topological polar surface area (TPSA) is 58.2 Å².